The Morgan fingerprint density at radius 3 is 2.21 bits per heavy atom. The zero-order valence-electron chi connectivity index (χ0n) is 34.8. The number of aromatic amines is 1. The molecule has 3 heterocycles. The largest absolute Gasteiger partial charge is 0.481 e. The van der Waals surface area contributed by atoms with E-state index in [9.17, 15) is 33.6 Å². The minimum Gasteiger partial charge on any atom is -0.481 e. The molecule has 5 unspecified atom stereocenters. The number of urea groups is 1. The molecule has 2 aliphatic heterocycles. The first-order chi connectivity index (χ1) is 29.4. The number of nitrogens with zero attached hydrogens (tertiary/aromatic N) is 1. The van der Waals surface area contributed by atoms with Crippen LogP contribution in [0.5, 0.6) is 0 Å². The number of ether oxygens (including phenoxy) is 4. The summed E-state index contributed by atoms with van der Waals surface area (Å²) in [4.78, 5) is 91.3. The summed E-state index contributed by atoms with van der Waals surface area (Å²) < 4.78 is 21.9. The van der Waals surface area contributed by atoms with Crippen LogP contribution < -0.4 is 38.1 Å². The highest BCUT2D eigenvalue weighted by atomic mass is 32.2. The molecule has 344 valence electrons. The molecule has 11 N–H and O–H groups in total. The number of nitrogens with two attached hydrogens (primary N) is 2. The molecule has 0 saturated carbocycles. The summed E-state index contributed by atoms with van der Waals surface area (Å²) in [5.74, 6) is -2.95. The standard InChI is InChI=1S/C39H65N9O12S/c40-28(22-27-23-42-25-45-27)31(49)21-26(8-9-35(52)53)38(55)44-11-4-3-5-29(37(41)54)46-34(51)10-13-57-15-17-59-19-20-60-18-16-58-14-12-43-33(50)7-2-1-6-32-36-30(24-61-32)47-39(56)48-36/h23,25-26,28-30,32,36H,1-22,24,40H2,(H2,41,54)(H,42,45)(H,43,50)(H,44,55)(H,46,51)(H,52,53)(H2,47,48,56)/t26?,28?,29?,30?,32?,36-/m1/s1. The predicted molar refractivity (Wildman–Crippen MR) is 223 cm³/mol. The molecule has 2 fully saturated rings. The Hall–Kier alpha value is -4.35. The van der Waals surface area contributed by atoms with Gasteiger partial charge in [-0.15, -0.1) is 0 Å². The number of H-pyrrole nitrogens is 1. The number of ketones is 1. The number of hydrogen-bond acceptors (Lipinski definition) is 14. The van der Waals surface area contributed by atoms with Gasteiger partial charge in [-0.2, -0.15) is 11.8 Å². The van der Waals surface area contributed by atoms with E-state index >= 15 is 0 Å². The number of carbonyl (C=O) groups excluding carboxylic acids is 6. The normalized spacial score (nSPS) is 18.3. The van der Waals surface area contributed by atoms with Gasteiger partial charge in [0.1, 0.15) is 6.04 Å². The second-order valence-electron chi connectivity index (χ2n) is 14.9. The number of carboxylic acids is 1. The summed E-state index contributed by atoms with van der Waals surface area (Å²) in [6, 6.07) is -1.46. The maximum Gasteiger partial charge on any atom is 0.315 e. The number of unbranched alkanes of at least 4 members (excludes halogenated alkanes) is 2. The van der Waals surface area contributed by atoms with Crippen molar-refractivity contribution in [3.05, 3.63) is 18.2 Å². The number of carboxylic acid groups (broad SMARTS) is 1. The highest BCUT2D eigenvalue weighted by Crippen LogP contribution is 2.33. The Labute approximate surface area is 360 Å². The molecule has 1 aromatic rings. The zero-order chi connectivity index (χ0) is 44.2. The fraction of sp³-hybridized carbons (Fsp3) is 0.744. The number of primary amides is 1. The van der Waals surface area contributed by atoms with Crippen molar-refractivity contribution in [2.24, 2.45) is 17.4 Å². The Balaban J connectivity index is 1.10. The lowest BCUT2D eigenvalue weighted by molar-refractivity contribution is -0.138. The van der Waals surface area contributed by atoms with E-state index in [0.717, 1.165) is 25.0 Å². The molecule has 2 aliphatic rings. The maximum atomic E-state index is 12.8. The van der Waals surface area contributed by atoms with Gasteiger partial charge in [0.05, 0.1) is 77.3 Å². The van der Waals surface area contributed by atoms with Crippen LogP contribution in [0.4, 0.5) is 4.79 Å². The Morgan fingerprint density at radius 2 is 1.54 bits per heavy atom. The van der Waals surface area contributed by atoms with Crippen molar-refractivity contribution in [3.8, 4) is 0 Å². The molecule has 6 atom stereocenters. The molecular weight excluding hydrogens is 819 g/mol. The van der Waals surface area contributed by atoms with Crippen LogP contribution in [-0.4, -0.2) is 158 Å². The molecule has 61 heavy (non-hydrogen) atoms. The van der Waals surface area contributed by atoms with Crippen molar-refractivity contribution in [1.82, 2.24) is 36.6 Å². The average molecular weight is 884 g/mol. The molecule has 0 bridgehead atoms. The smallest absolute Gasteiger partial charge is 0.315 e. The lowest BCUT2D eigenvalue weighted by Gasteiger charge is -2.18. The lowest BCUT2D eigenvalue weighted by Crippen LogP contribution is -2.44. The molecule has 1 aromatic heterocycles. The van der Waals surface area contributed by atoms with E-state index in [0.29, 0.717) is 76.4 Å². The molecule has 6 amide bonds. The third-order valence-corrected chi connectivity index (χ3v) is 11.6. The van der Waals surface area contributed by atoms with Gasteiger partial charge in [-0.3, -0.25) is 28.8 Å². The van der Waals surface area contributed by atoms with Crippen LogP contribution in [0.3, 0.4) is 0 Å². The number of Topliss-reactive ketones (excluding diaryl/α,β-unsaturated/α-hetero) is 1. The van der Waals surface area contributed by atoms with Gasteiger partial charge in [-0.25, -0.2) is 9.78 Å². The maximum absolute atomic E-state index is 12.8. The van der Waals surface area contributed by atoms with Crippen molar-refractivity contribution >= 4 is 53.2 Å². The number of nitrogens with one attached hydrogen (secondary N) is 6. The van der Waals surface area contributed by atoms with E-state index in [1.54, 1.807) is 6.20 Å². The first-order valence-electron chi connectivity index (χ1n) is 21.0. The molecule has 0 spiro atoms. The fourth-order valence-electron chi connectivity index (χ4n) is 6.70. The van der Waals surface area contributed by atoms with Gasteiger partial charge >= 0.3 is 12.0 Å². The van der Waals surface area contributed by atoms with Gasteiger partial charge in [0.15, 0.2) is 5.78 Å². The Bertz CT molecular complexity index is 1510. The first kappa shape index (κ1) is 51.0. The average Bonchev–Trinajstić information content (AvgIpc) is 3.97. The molecule has 2 saturated heterocycles. The van der Waals surface area contributed by atoms with Gasteiger partial charge < -0.3 is 67.1 Å². The summed E-state index contributed by atoms with van der Waals surface area (Å²) >= 11 is 1.88. The van der Waals surface area contributed by atoms with Crippen molar-refractivity contribution in [3.63, 3.8) is 0 Å². The summed E-state index contributed by atoms with van der Waals surface area (Å²) in [6.45, 7) is 3.18. The highest BCUT2D eigenvalue weighted by molar-refractivity contribution is 8.00. The van der Waals surface area contributed by atoms with Crippen LogP contribution >= 0.6 is 11.8 Å². The van der Waals surface area contributed by atoms with Crippen LogP contribution in [0.25, 0.3) is 0 Å². The number of imidazole rings is 1. The molecule has 0 radical (unpaired) electrons. The second-order valence-corrected chi connectivity index (χ2v) is 16.2. The number of amides is 6. The van der Waals surface area contributed by atoms with Crippen LogP contribution in [0.2, 0.25) is 0 Å². The topological polar surface area (TPSA) is 318 Å². The number of rotatable bonds is 36. The van der Waals surface area contributed by atoms with Gasteiger partial charge in [0.2, 0.25) is 23.6 Å². The SMILES string of the molecule is NC(=O)C(CCCCNC(=O)C(CCC(=O)O)CC(=O)C(N)Cc1cnc[nH]1)NC(=O)CCOCCOCCOCCOCCNC(=O)CCCCC1SCC2NC(=O)N[C@H]21. The monoisotopic (exact) mass is 883 g/mol. The minimum atomic E-state index is -1.09. The van der Waals surface area contributed by atoms with Gasteiger partial charge in [0.25, 0.3) is 0 Å². The van der Waals surface area contributed by atoms with E-state index in [-0.39, 0.29) is 88.1 Å². The minimum absolute atomic E-state index is 0.000136. The van der Waals surface area contributed by atoms with E-state index in [1.807, 2.05) is 11.8 Å². The van der Waals surface area contributed by atoms with Gasteiger partial charge in [-0.1, -0.05) is 6.42 Å². The van der Waals surface area contributed by atoms with E-state index in [2.05, 4.69) is 36.6 Å². The van der Waals surface area contributed by atoms with Crippen LogP contribution in [0, 0.1) is 5.92 Å². The van der Waals surface area contributed by atoms with Crippen LogP contribution in [0.1, 0.15) is 76.3 Å². The molecule has 3 rings (SSSR count). The molecule has 0 aromatic carbocycles. The van der Waals surface area contributed by atoms with Crippen molar-refractivity contribution in [1.29, 1.82) is 0 Å². The van der Waals surface area contributed by atoms with Crippen molar-refractivity contribution in [2.75, 3.05) is 71.7 Å². The predicted octanol–water partition coefficient (Wildman–Crippen LogP) is -0.725. The zero-order valence-corrected chi connectivity index (χ0v) is 35.6. The fourth-order valence-corrected chi connectivity index (χ4v) is 8.24. The molecular formula is C39H65N9O12S. The van der Waals surface area contributed by atoms with Gasteiger partial charge in [-0.05, 0) is 38.5 Å². The summed E-state index contributed by atoms with van der Waals surface area (Å²) in [5.41, 5.74) is 12.2. The summed E-state index contributed by atoms with van der Waals surface area (Å²) in [6.07, 6.45) is 7.03. The third-order valence-electron chi connectivity index (χ3n) is 10.1. The molecule has 21 nitrogen and oxygen atoms in total. The second kappa shape index (κ2) is 29.8. The summed E-state index contributed by atoms with van der Waals surface area (Å²) in [7, 11) is 0. The van der Waals surface area contributed by atoms with Crippen molar-refractivity contribution < 1.29 is 57.6 Å². The number of hydrogen-bond donors (Lipinski definition) is 9. The van der Waals surface area contributed by atoms with E-state index < -0.39 is 41.7 Å². The van der Waals surface area contributed by atoms with E-state index in [4.69, 9.17) is 35.5 Å². The van der Waals surface area contributed by atoms with Crippen molar-refractivity contribution in [2.45, 2.75) is 106 Å². The first-order valence-corrected chi connectivity index (χ1v) is 22.1. The van der Waals surface area contributed by atoms with Crippen LogP contribution in [-0.2, 0) is 54.1 Å². The Morgan fingerprint density at radius 1 is 0.836 bits per heavy atom. The van der Waals surface area contributed by atoms with Crippen LogP contribution in [0.15, 0.2) is 12.5 Å². The highest BCUT2D eigenvalue weighted by Gasteiger charge is 2.42. The lowest BCUT2D eigenvalue weighted by atomic mass is 9.92. The molecule has 0 aliphatic carbocycles. The number of aromatic nitrogens is 2. The van der Waals surface area contributed by atoms with E-state index in [1.165, 1.54) is 6.33 Å². The summed E-state index contributed by atoms with van der Waals surface area (Å²) in [5, 5.41) is 23.6. The number of fused-ring (bicyclic) bond motifs is 1. The molecule has 22 heteroatoms. The number of carbonyl (C=O) groups is 7. The number of thioether (sulfide) groups is 1. The quantitative estimate of drug-likeness (QED) is 0.0297. The third kappa shape index (κ3) is 21.8. The number of aliphatic carboxylic acids is 1. The van der Waals surface area contributed by atoms with Gasteiger partial charge in [0, 0.05) is 74.0 Å². The Kier molecular flexibility index (Phi) is 24.9.